The minimum Gasteiger partial charge on any atom is -0.482 e. The van der Waals surface area contributed by atoms with Crippen molar-refractivity contribution >= 4 is 46.0 Å². The lowest BCUT2D eigenvalue weighted by molar-refractivity contribution is -0.118. The topological polar surface area (TPSA) is 64.1 Å². The number of carbonyl (C=O) groups excluding carboxylic acids is 1. The normalized spacial score (nSPS) is 10.5. The number of hydrogen-bond donors (Lipinski definition) is 1. The molecule has 21 heavy (non-hydrogen) atoms. The van der Waals surface area contributed by atoms with Crippen molar-refractivity contribution in [3.8, 4) is 5.75 Å². The van der Waals surface area contributed by atoms with Gasteiger partial charge in [-0.1, -0.05) is 29.8 Å². The first-order chi connectivity index (χ1) is 10.2. The first-order valence-corrected chi connectivity index (χ1v) is 7.23. The summed E-state index contributed by atoms with van der Waals surface area (Å²) >= 11 is 7.06. The molecule has 0 radical (unpaired) electrons. The van der Waals surface area contributed by atoms with E-state index in [0.29, 0.717) is 22.0 Å². The Morgan fingerprint density at radius 2 is 2.05 bits per heavy atom. The van der Waals surface area contributed by atoms with Gasteiger partial charge >= 0.3 is 0 Å². The Kier molecular flexibility index (Phi) is 3.98. The van der Waals surface area contributed by atoms with Gasteiger partial charge in [0.1, 0.15) is 16.8 Å². The van der Waals surface area contributed by atoms with E-state index < -0.39 is 0 Å². The predicted octanol–water partition coefficient (Wildman–Crippen LogP) is 3.36. The first-order valence-electron chi connectivity index (χ1n) is 6.12. The zero-order chi connectivity index (χ0) is 14.7. The standard InChI is InChI=1S/C14H10ClN3O2S/c15-9-4-1-2-7-12(9)20-8-13(19)16-10-5-3-6-11-14(10)18-21-17-11/h1-7H,8H2,(H,16,19). The summed E-state index contributed by atoms with van der Waals surface area (Å²) in [4.78, 5) is 11.9. The quantitative estimate of drug-likeness (QED) is 0.801. The van der Waals surface area contributed by atoms with Crippen molar-refractivity contribution in [1.29, 1.82) is 0 Å². The van der Waals surface area contributed by atoms with Crippen LogP contribution in [-0.4, -0.2) is 21.3 Å². The van der Waals surface area contributed by atoms with Crippen molar-refractivity contribution in [3.63, 3.8) is 0 Å². The second-order valence-electron chi connectivity index (χ2n) is 4.20. The Bertz CT molecular complexity index is 790. The SMILES string of the molecule is O=C(COc1ccccc1Cl)Nc1cccc2nsnc12. The van der Waals surface area contributed by atoms with Gasteiger partial charge in [-0.25, -0.2) is 0 Å². The second kappa shape index (κ2) is 6.07. The van der Waals surface area contributed by atoms with Crippen LogP contribution >= 0.6 is 23.3 Å². The number of nitrogens with zero attached hydrogens (tertiary/aromatic N) is 2. The summed E-state index contributed by atoms with van der Waals surface area (Å²) in [6.45, 7) is -0.127. The molecule has 0 saturated heterocycles. The fraction of sp³-hybridized carbons (Fsp3) is 0.0714. The number of rotatable bonds is 4. The van der Waals surface area contributed by atoms with Crippen LogP contribution in [0.1, 0.15) is 0 Å². The Hall–Kier alpha value is -2.18. The van der Waals surface area contributed by atoms with Gasteiger partial charge in [-0.3, -0.25) is 4.79 Å². The monoisotopic (exact) mass is 319 g/mol. The van der Waals surface area contributed by atoms with Crippen molar-refractivity contribution in [2.75, 3.05) is 11.9 Å². The predicted molar refractivity (Wildman–Crippen MR) is 83.0 cm³/mol. The lowest BCUT2D eigenvalue weighted by atomic mass is 10.2. The molecule has 1 aromatic heterocycles. The molecule has 3 rings (SSSR count). The summed E-state index contributed by atoms with van der Waals surface area (Å²) in [6.07, 6.45) is 0. The van der Waals surface area contributed by atoms with Crippen LogP contribution < -0.4 is 10.1 Å². The maximum atomic E-state index is 11.9. The molecule has 0 bridgehead atoms. The molecule has 1 heterocycles. The van der Waals surface area contributed by atoms with Crippen LogP contribution in [0.5, 0.6) is 5.75 Å². The van der Waals surface area contributed by atoms with E-state index in [-0.39, 0.29) is 12.5 Å². The van der Waals surface area contributed by atoms with E-state index in [0.717, 1.165) is 17.2 Å². The number of halogens is 1. The fourth-order valence-corrected chi connectivity index (χ4v) is 2.54. The van der Waals surface area contributed by atoms with Crippen LogP contribution in [0.2, 0.25) is 5.02 Å². The minimum absolute atomic E-state index is 0.127. The molecule has 1 N–H and O–H groups in total. The van der Waals surface area contributed by atoms with Crippen molar-refractivity contribution in [2.24, 2.45) is 0 Å². The lowest BCUT2D eigenvalue weighted by Gasteiger charge is -2.08. The summed E-state index contributed by atoms with van der Waals surface area (Å²) < 4.78 is 13.7. The molecule has 2 aromatic carbocycles. The third-order valence-electron chi connectivity index (χ3n) is 2.76. The number of carbonyl (C=O) groups is 1. The zero-order valence-electron chi connectivity index (χ0n) is 10.7. The Morgan fingerprint density at radius 1 is 1.19 bits per heavy atom. The van der Waals surface area contributed by atoms with Crippen LogP contribution in [0.4, 0.5) is 5.69 Å². The molecule has 5 nitrogen and oxygen atoms in total. The highest BCUT2D eigenvalue weighted by molar-refractivity contribution is 7.00. The van der Waals surface area contributed by atoms with E-state index in [1.165, 1.54) is 0 Å². The van der Waals surface area contributed by atoms with E-state index in [2.05, 4.69) is 14.1 Å². The van der Waals surface area contributed by atoms with Gasteiger partial charge in [-0.2, -0.15) is 8.75 Å². The van der Waals surface area contributed by atoms with E-state index in [1.54, 1.807) is 30.3 Å². The summed E-state index contributed by atoms with van der Waals surface area (Å²) in [5, 5.41) is 3.23. The third kappa shape index (κ3) is 3.12. The molecule has 106 valence electrons. The summed E-state index contributed by atoms with van der Waals surface area (Å²) in [5.74, 6) is 0.193. The van der Waals surface area contributed by atoms with E-state index in [1.807, 2.05) is 12.1 Å². The van der Waals surface area contributed by atoms with Gasteiger partial charge in [-0.15, -0.1) is 0 Å². The zero-order valence-corrected chi connectivity index (χ0v) is 12.3. The van der Waals surface area contributed by atoms with E-state index in [4.69, 9.17) is 16.3 Å². The molecule has 3 aromatic rings. The number of hydrogen-bond acceptors (Lipinski definition) is 5. The minimum atomic E-state index is -0.282. The molecule has 0 saturated carbocycles. The van der Waals surface area contributed by atoms with Gasteiger partial charge in [0.2, 0.25) is 0 Å². The number of amides is 1. The molecule has 0 fully saturated rings. The molecular weight excluding hydrogens is 310 g/mol. The fourth-order valence-electron chi connectivity index (χ4n) is 1.80. The summed E-state index contributed by atoms with van der Waals surface area (Å²) in [7, 11) is 0. The van der Waals surface area contributed by atoms with Gasteiger partial charge in [0, 0.05) is 0 Å². The van der Waals surface area contributed by atoms with Crippen molar-refractivity contribution in [1.82, 2.24) is 8.75 Å². The highest BCUT2D eigenvalue weighted by atomic mass is 35.5. The number of para-hydroxylation sites is 1. The highest BCUT2D eigenvalue weighted by Crippen LogP contribution is 2.23. The number of aromatic nitrogens is 2. The summed E-state index contributed by atoms with van der Waals surface area (Å²) in [5.41, 5.74) is 2.05. The number of anilines is 1. The van der Waals surface area contributed by atoms with Crippen molar-refractivity contribution < 1.29 is 9.53 Å². The van der Waals surface area contributed by atoms with Crippen LogP contribution in [0, 0.1) is 0 Å². The van der Waals surface area contributed by atoms with Gasteiger partial charge in [0.05, 0.1) is 22.4 Å². The number of ether oxygens (including phenoxy) is 1. The molecule has 0 spiro atoms. The average Bonchev–Trinajstić information content (AvgIpc) is 2.96. The Balaban J connectivity index is 1.67. The van der Waals surface area contributed by atoms with Gasteiger partial charge in [-0.05, 0) is 24.3 Å². The number of benzene rings is 2. The van der Waals surface area contributed by atoms with Gasteiger partial charge in [0.15, 0.2) is 6.61 Å². The molecule has 1 amide bonds. The van der Waals surface area contributed by atoms with Crippen LogP contribution in [0.25, 0.3) is 11.0 Å². The smallest absolute Gasteiger partial charge is 0.262 e. The largest absolute Gasteiger partial charge is 0.482 e. The molecule has 0 atom stereocenters. The lowest BCUT2D eigenvalue weighted by Crippen LogP contribution is -2.20. The maximum absolute atomic E-state index is 11.9. The second-order valence-corrected chi connectivity index (χ2v) is 5.14. The molecule has 0 aliphatic carbocycles. The summed E-state index contributed by atoms with van der Waals surface area (Å²) in [6, 6.07) is 12.4. The van der Waals surface area contributed by atoms with Gasteiger partial charge < -0.3 is 10.1 Å². The maximum Gasteiger partial charge on any atom is 0.262 e. The van der Waals surface area contributed by atoms with Crippen molar-refractivity contribution in [2.45, 2.75) is 0 Å². The first kappa shape index (κ1) is 13.8. The number of fused-ring (bicyclic) bond motifs is 1. The van der Waals surface area contributed by atoms with Crippen molar-refractivity contribution in [3.05, 3.63) is 47.5 Å². The molecule has 0 aliphatic rings. The Labute approximate surface area is 129 Å². The van der Waals surface area contributed by atoms with Crippen LogP contribution in [0.15, 0.2) is 42.5 Å². The molecule has 0 aliphatic heterocycles. The molecular formula is C14H10ClN3O2S. The third-order valence-corrected chi connectivity index (χ3v) is 3.61. The Morgan fingerprint density at radius 3 is 2.90 bits per heavy atom. The average molecular weight is 320 g/mol. The molecule has 7 heteroatoms. The highest BCUT2D eigenvalue weighted by Gasteiger charge is 2.09. The van der Waals surface area contributed by atoms with Crippen LogP contribution in [0.3, 0.4) is 0 Å². The van der Waals surface area contributed by atoms with Gasteiger partial charge in [0.25, 0.3) is 5.91 Å². The van der Waals surface area contributed by atoms with E-state index in [9.17, 15) is 4.79 Å². The number of nitrogens with one attached hydrogen (secondary N) is 1. The molecule has 0 unspecified atom stereocenters. The van der Waals surface area contributed by atoms with Crippen LogP contribution in [-0.2, 0) is 4.79 Å². The van der Waals surface area contributed by atoms with E-state index >= 15 is 0 Å².